The maximum absolute atomic E-state index is 13.0. The van der Waals surface area contributed by atoms with Crippen LogP contribution in [0, 0.1) is 43.9 Å². The van der Waals surface area contributed by atoms with Gasteiger partial charge in [0.05, 0.1) is 22.9 Å². The van der Waals surface area contributed by atoms with E-state index in [2.05, 4.69) is 15.6 Å². The van der Waals surface area contributed by atoms with E-state index in [-0.39, 0.29) is 16.9 Å². The molecule has 30 heavy (non-hydrogen) atoms. The van der Waals surface area contributed by atoms with Crippen molar-refractivity contribution in [1.29, 1.82) is 0 Å². The minimum Gasteiger partial charge on any atom is -0.295 e. The highest BCUT2D eigenvalue weighted by molar-refractivity contribution is 5.86. The summed E-state index contributed by atoms with van der Waals surface area (Å²) >= 11 is 0. The molecular weight excluding hydrogens is 376 g/mol. The highest BCUT2D eigenvalue weighted by Gasteiger charge is 2.54. The minimum atomic E-state index is -0.237. The lowest BCUT2D eigenvalue weighted by molar-refractivity contribution is -0.146. The molecule has 1 aromatic carbocycles. The molecule has 0 saturated heterocycles. The maximum atomic E-state index is 13.0. The Bertz CT molecular complexity index is 1060. The number of hydrogen-bond donors (Lipinski definition) is 2. The number of hydrogen-bond acceptors (Lipinski definition) is 3. The van der Waals surface area contributed by atoms with Crippen LogP contribution in [0.1, 0.15) is 60.9 Å². The van der Waals surface area contributed by atoms with Gasteiger partial charge in [0, 0.05) is 5.69 Å². The Hall–Kier alpha value is -2.63. The number of hydrazone groups is 1. The predicted octanol–water partition coefficient (Wildman–Crippen LogP) is 3.76. The largest absolute Gasteiger partial charge is 0.295 e. The fourth-order valence-electron chi connectivity index (χ4n) is 6.42. The summed E-state index contributed by atoms with van der Waals surface area (Å²) in [6, 6.07) is 5.92. The predicted molar refractivity (Wildman–Crippen MR) is 117 cm³/mol. The smallest absolute Gasteiger partial charge is 0.280 e. The summed E-state index contributed by atoms with van der Waals surface area (Å²) in [5.41, 5.74) is 6.68. The van der Waals surface area contributed by atoms with E-state index in [4.69, 9.17) is 0 Å². The van der Waals surface area contributed by atoms with E-state index in [0.717, 1.165) is 36.2 Å². The first kappa shape index (κ1) is 19.3. The van der Waals surface area contributed by atoms with Gasteiger partial charge >= 0.3 is 0 Å². The van der Waals surface area contributed by atoms with Crippen molar-refractivity contribution in [2.75, 3.05) is 0 Å². The van der Waals surface area contributed by atoms with Gasteiger partial charge in [-0.2, -0.15) is 5.10 Å². The van der Waals surface area contributed by atoms with Crippen LogP contribution in [0.25, 0.3) is 5.69 Å². The van der Waals surface area contributed by atoms with Gasteiger partial charge in [0.1, 0.15) is 0 Å². The molecule has 0 unspecified atom stereocenters. The highest BCUT2D eigenvalue weighted by atomic mass is 16.2. The number of aromatic nitrogens is 2. The van der Waals surface area contributed by atoms with Crippen molar-refractivity contribution in [1.82, 2.24) is 15.2 Å². The van der Waals surface area contributed by atoms with E-state index >= 15 is 0 Å². The average molecular weight is 407 g/mol. The standard InChI is InChI=1S/C24H30N4O2/c1-14-4-5-20(6-15(14)2)28-22(29)21(16(3)27-28)13-25-26-23(30)24-10-17-7-18(11-24)9-19(8-17)12-24/h4-6,13,17-19,27H,7-12H2,1-3H3,(H,26,30)/b25-13-. The molecule has 0 atom stereocenters. The van der Waals surface area contributed by atoms with Crippen molar-refractivity contribution < 1.29 is 4.79 Å². The quantitative estimate of drug-likeness (QED) is 0.599. The number of carbonyl (C=O) groups is 1. The van der Waals surface area contributed by atoms with Crippen LogP contribution < -0.4 is 11.0 Å². The van der Waals surface area contributed by atoms with E-state index in [1.165, 1.54) is 35.7 Å². The van der Waals surface area contributed by atoms with Crippen LogP contribution in [0.15, 0.2) is 28.1 Å². The Morgan fingerprint density at radius 1 is 1.10 bits per heavy atom. The Morgan fingerprint density at radius 2 is 1.73 bits per heavy atom. The number of carbonyl (C=O) groups excluding carboxylic acids is 1. The second-order valence-electron chi connectivity index (χ2n) is 9.96. The first-order chi connectivity index (χ1) is 14.3. The molecule has 0 radical (unpaired) electrons. The Kier molecular flexibility index (Phi) is 4.49. The molecule has 0 aliphatic heterocycles. The zero-order valence-corrected chi connectivity index (χ0v) is 18.0. The maximum Gasteiger partial charge on any atom is 0.280 e. The van der Waals surface area contributed by atoms with Gasteiger partial charge in [-0.15, -0.1) is 0 Å². The molecular formula is C24H30N4O2. The summed E-state index contributed by atoms with van der Waals surface area (Å²) in [6.45, 7) is 5.93. The summed E-state index contributed by atoms with van der Waals surface area (Å²) in [5, 5.41) is 7.32. The first-order valence-electron chi connectivity index (χ1n) is 11.1. The second-order valence-corrected chi connectivity index (χ2v) is 9.96. The Balaban J connectivity index is 1.34. The second kappa shape index (κ2) is 6.96. The number of amides is 1. The molecule has 1 amide bonds. The molecule has 1 heterocycles. The molecule has 4 saturated carbocycles. The molecule has 4 fully saturated rings. The Labute approximate surface area is 176 Å². The van der Waals surface area contributed by atoms with Crippen molar-refractivity contribution in [3.63, 3.8) is 0 Å². The molecule has 1 aromatic heterocycles. The molecule has 6 nitrogen and oxygen atoms in total. The van der Waals surface area contributed by atoms with Crippen LogP contribution in [0.3, 0.4) is 0 Å². The van der Waals surface area contributed by atoms with Crippen molar-refractivity contribution in [2.24, 2.45) is 28.3 Å². The number of nitrogens with one attached hydrogen (secondary N) is 2. The third-order valence-electron chi connectivity index (χ3n) is 7.75. The molecule has 4 bridgehead atoms. The van der Waals surface area contributed by atoms with Crippen molar-refractivity contribution in [3.05, 3.63) is 50.9 Å². The van der Waals surface area contributed by atoms with Gasteiger partial charge in [0.15, 0.2) is 0 Å². The number of aromatic amines is 1. The number of H-pyrrole nitrogens is 1. The number of rotatable bonds is 4. The first-order valence-corrected chi connectivity index (χ1v) is 11.1. The lowest BCUT2D eigenvalue weighted by atomic mass is 9.49. The summed E-state index contributed by atoms with van der Waals surface area (Å²) in [6.07, 6.45) is 8.41. The zero-order chi connectivity index (χ0) is 21.0. The zero-order valence-electron chi connectivity index (χ0n) is 18.0. The van der Waals surface area contributed by atoms with E-state index in [1.807, 2.05) is 39.0 Å². The monoisotopic (exact) mass is 406 g/mol. The minimum absolute atomic E-state index is 0.0422. The molecule has 6 rings (SSSR count). The normalized spacial score (nSPS) is 29.6. The summed E-state index contributed by atoms with van der Waals surface area (Å²) < 4.78 is 1.53. The molecule has 4 aliphatic rings. The number of benzene rings is 1. The lowest BCUT2D eigenvalue weighted by Crippen LogP contribution is -2.52. The lowest BCUT2D eigenvalue weighted by Gasteiger charge is -2.55. The third kappa shape index (κ3) is 3.13. The van der Waals surface area contributed by atoms with E-state index in [1.54, 1.807) is 0 Å². The van der Waals surface area contributed by atoms with Gasteiger partial charge in [-0.1, -0.05) is 6.07 Å². The molecule has 158 valence electrons. The molecule has 0 spiro atoms. The molecule has 4 aliphatic carbocycles. The van der Waals surface area contributed by atoms with Gasteiger partial charge in [0.2, 0.25) is 5.91 Å². The van der Waals surface area contributed by atoms with Crippen molar-refractivity contribution in [3.8, 4) is 5.69 Å². The van der Waals surface area contributed by atoms with Crippen LogP contribution in [0.4, 0.5) is 0 Å². The van der Waals surface area contributed by atoms with Crippen LogP contribution in [0.2, 0.25) is 0 Å². The van der Waals surface area contributed by atoms with E-state index in [0.29, 0.717) is 23.3 Å². The fourth-order valence-corrected chi connectivity index (χ4v) is 6.42. The van der Waals surface area contributed by atoms with Crippen LogP contribution in [-0.4, -0.2) is 21.9 Å². The summed E-state index contributed by atoms with van der Waals surface area (Å²) in [5.74, 6) is 2.18. The molecule has 2 aromatic rings. The van der Waals surface area contributed by atoms with E-state index in [9.17, 15) is 9.59 Å². The SMILES string of the molecule is Cc1ccc(-n2[nH]c(C)c(/C=N\NC(=O)C34CC5CC(CC(C5)C3)C4)c2=O)cc1C. The van der Waals surface area contributed by atoms with Crippen LogP contribution in [-0.2, 0) is 4.79 Å². The van der Waals surface area contributed by atoms with Crippen LogP contribution >= 0.6 is 0 Å². The Morgan fingerprint density at radius 3 is 2.33 bits per heavy atom. The molecule has 6 heteroatoms. The number of aryl methyl sites for hydroxylation is 3. The van der Waals surface area contributed by atoms with Gasteiger partial charge < -0.3 is 0 Å². The van der Waals surface area contributed by atoms with Gasteiger partial charge in [-0.25, -0.2) is 10.1 Å². The van der Waals surface area contributed by atoms with Gasteiger partial charge in [0.25, 0.3) is 5.56 Å². The average Bonchev–Trinajstić information content (AvgIpc) is 2.97. The summed E-state index contributed by atoms with van der Waals surface area (Å²) in [7, 11) is 0. The van der Waals surface area contributed by atoms with Crippen molar-refractivity contribution >= 4 is 12.1 Å². The highest BCUT2D eigenvalue weighted by Crippen LogP contribution is 2.60. The number of nitrogens with zero attached hydrogens (tertiary/aromatic N) is 2. The van der Waals surface area contributed by atoms with Gasteiger partial charge in [-0.3, -0.25) is 14.7 Å². The van der Waals surface area contributed by atoms with Crippen molar-refractivity contribution in [2.45, 2.75) is 59.3 Å². The van der Waals surface area contributed by atoms with Crippen LogP contribution in [0.5, 0.6) is 0 Å². The summed E-state index contributed by atoms with van der Waals surface area (Å²) in [4.78, 5) is 25.9. The third-order valence-corrected chi connectivity index (χ3v) is 7.75. The van der Waals surface area contributed by atoms with E-state index < -0.39 is 0 Å². The fraction of sp³-hybridized carbons (Fsp3) is 0.542. The topological polar surface area (TPSA) is 79.2 Å². The van der Waals surface area contributed by atoms with Gasteiger partial charge in [-0.05, 0) is 100 Å². The molecule has 2 N–H and O–H groups in total.